The topological polar surface area (TPSA) is 80.7 Å². The van der Waals surface area contributed by atoms with Crippen LogP contribution in [-0.2, 0) is 19.4 Å². The van der Waals surface area contributed by atoms with Crippen LogP contribution in [0.25, 0.3) is 0 Å². The van der Waals surface area contributed by atoms with E-state index in [1.54, 1.807) is 41.3 Å². The SMILES string of the molecule is CCS(=O)(=O)c1ccccc1C(=O)OC(C(=O)N1CCCCC1)c1ccccc1. The molecule has 1 unspecified atom stereocenters. The minimum atomic E-state index is -3.61. The predicted octanol–water partition coefficient (Wildman–Crippen LogP) is 3.39. The number of nitrogens with zero attached hydrogens (tertiary/aromatic N) is 1. The minimum Gasteiger partial charge on any atom is -0.444 e. The van der Waals surface area contributed by atoms with Gasteiger partial charge in [-0.15, -0.1) is 0 Å². The van der Waals surface area contributed by atoms with Crippen molar-refractivity contribution in [3.05, 3.63) is 65.7 Å². The normalized spacial score (nSPS) is 15.6. The molecule has 1 aliphatic heterocycles. The van der Waals surface area contributed by atoms with Crippen LogP contribution in [0.3, 0.4) is 0 Å². The first-order chi connectivity index (χ1) is 13.9. The van der Waals surface area contributed by atoms with Crippen molar-refractivity contribution in [1.29, 1.82) is 0 Å². The quantitative estimate of drug-likeness (QED) is 0.676. The van der Waals surface area contributed by atoms with Gasteiger partial charge in [-0.3, -0.25) is 4.79 Å². The number of ether oxygens (including phenoxy) is 1. The molecule has 0 bridgehead atoms. The molecule has 0 aromatic heterocycles. The first-order valence-electron chi connectivity index (χ1n) is 9.80. The maximum atomic E-state index is 13.1. The van der Waals surface area contributed by atoms with Gasteiger partial charge in [-0.1, -0.05) is 49.4 Å². The van der Waals surface area contributed by atoms with Gasteiger partial charge in [0.25, 0.3) is 5.91 Å². The van der Waals surface area contributed by atoms with Crippen molar-refractivity contribution in [3.63, 3.8) is 0 Å². The fourth-order valence-corrected chi connectivity index (χ4v) is 4.48. The summed E-state index contributed by atoms with van der Waals surface area (Å²) in [6, 6.07) is 14.8. The zero-order valence-corrected chi connectivity index (χ0v) is 17.2. The van der Waals surface area contributed by atoms with E-state index >= 15 is 0 Å². The summed E-state index contributed by atoms with van der Waals surface area (Å²) < 4.78 is 30.4. The van der Waals surface area contributed by atoms with E-state index in [2.05, 4.69) is 0 Å². The molecule has 6 nitrogen and oxygen atoms in total. The fourth-order valence-electron chi connectivity index (χ4n) is 3.40. The Kier molecular flexibility index (Phi) is 6.69. The highest BCUT2D eigenvalue weighted by molar-refractivity contribution is 7.91. The Labute approximate surface area is 171 Å². The van der Waals surface area contributed by atoms with Gasteiger partial charge in [0.15, 0.2) is 9.84 Å². The number of hydrogen-bond donors (Lipinski definition) is 0. The highest BCUT2D eigenvalue weighted by atomic mass is 32.2. The van der Waals surface area contributed by atoms with Gasteiger partial charge in [-0.05, 0) is 31.4 Å². The van der Waals surface area contributed by atoms with E-state index in [9.17, 15) is 18.0 Å². The minimum absolute atomic E-state index is 0.0540. The standard InChI is InChI=1S/C22H25NO5S/c1-2-29(26,27)19-14-8-7-13-18(19)22(25)28-20(17-11-5-3-6-12-17)21(24)23-15-9-4-10-16-23/h3,5-8,11-14,20H,2,4,9-10,15-16H2,1H3. The molecule has 0 aliphatic carbocycles. The van der Waals surface area contributed by atoms with Crippen molar-refractivity contribution in [2.45, 2.75) is 37.2 Å². The Bertz CT molecular complexity index is 966. The van der Waals surface area contributed by atoms with E-state index < -0.39 is 21.9 Å². The highest BCUT2D eigenvalue weighted by Crippen LogP contribution is 2.26. The van der Waals surface area contributed by atoms with Gasteiger partial charge in [-0.2, -0.15) is 0 Å². The number of amides is 1. The van der Waals surface area contributed by atoms with Crippen LogP contribution in [0.1, 0.15) is 48.2 Å². The lowest BCUT2D eigenvalue weighted by atomic mass is 10.1. The number of rotatable bonds is 6. The van der Waals surface area contributed by atoms with Crippen molar-refractivity contribution >= 4 is 21.7 Å². The summed E-state index contributed by atoms with van der Waals surface area (Å²) in [5.41, 5.74) is 0.508. The maximum absolute atomic E-state index is 13.1. The average Bonchev–Trinajstić information content (AvgIpc) is 2.78. The lowest BCUT2D eigenvalue weighted by molar-refractivity contribution is -0.142. The maximum Gasteiger partial charge on any atom is 0.340 e. The summed E-state index contributed by atoms with van der Waals surface area (Å²) in [5, 5.41) is 0. The molecule has 29 heavy (non-hydrogen) atoms. The molecular formula is C22H25NO5S. The van der Waals surface area contributed by atoms with Gasteiger partial charge >= 0.3 is 5.97 Å². The number of carbonyl (C=O) groups excluding carboxylic acids is 2. The number of hydrogen-bond acceptors (Lipinski definition) is 5. The van der Waals surface area contributed by atoms with E-state index in [1.165, 1.54) is 19.1 Å². The van der Waals surface area contributed by atoms with Crippen LogP contribution < -0.4 is 0 Å². The lowest BCUT2D eigenvalue weighted by Gasteiger charge is -2.30. The third kappa shape index (κ3) is 4.85. The molecule has 0 radical (unpaired) electrons. The van der Waals surface area contributed by atoms with Crippen molar-refractivity contribution < 1.29 is 22.7 Å². The number of piperidine rings is 1. The summed E-state index contributed by atoms with van der Waals surface area (Å²) in [5.74, 6) is -1.23. The third-order valence-corrected chi connectivity index (χ3v) is 6.83. The Morgan fingerprint density at radius 1 is 0.966 bits per heavy atom. The van der Waals surface area contributed by atoms with Crippen molar-refractivity contribution in [2.24, 2.45) is 0 Å². The summed E-state index contributed by atoms with van der Waals surface area (Å²) in [4.78, 5) is 27.7. The van der Waals surface area contributed by atoms with E-state index in [-0.39, 0.29) is 22.1 Å². The monoisotopic (exact) mass is 415 g/mol. The van der Waals surface area contributed by atoms with Crippen LogP contribution in [0.4, 0.5) is 0 Å². The molecule has 0 saturated carbocycles. The zero-order chi connectivity index (χ0) is 20.9. The molecule has 1 heterocycles. The molecule has 2 aromatic carbocycles. The molecule has 3 rings (SSSR count). The van der Waals surface area contributed by atoms with Crippen LogP contribution in [0.15, 0.2) is 59.5 Å². The van der Waals surface area contributed by atoms with E-state index in [4.69, 9.17) is 4.74 Å². The summed E-state index contributed by atoms with van der Waals surface area (Å²) in [6.45, 7) is 2.77. The Morgan fingerprint density at radius 2 is 1.59 bits per heavy atom. The third-order valence-electron chi connectivity index (χ3n) is 5.04. The number of sulfone groups is 1. The molecule has 0 spiro atoms. The molecule has 1 aliphatic rings. The van der Waals surface area contributed by atoms with Crippen LogP contribution in [0.2, 0.25) is 0 Å². The first-order valence-corrected chi connectivity index (χ1v) is 11.5. The van der Waals surface area contributed by atoms with Gasteiger partial charge in [0.1, 0.15) is 0 Å². The lowest BCUT2D eigenvalue weighted by Crippen LogP contribution is -2.40. The Morgan fingerprint density at radius 3 is 2.24 bits per heavy atom. The van der Waals surface area contributed by atoms with E-state index in [0.29, 0.717) is 18.7 Å². The number of carbonyl (C=O) groups is 2. The smallest absolute Gasteiger partial charge is 0.340 e. The molecule has 1 saturated heterocycles. The average molecular weight is 416 g/mol. The van der Waals surface area contributed by atoms with Crippen molar-refractivity contribution in [1.82, 2.24) is 4.90 Å². The molecule has 0 N–H and O–H groups in total. The van der Waals surface area contributed by atoms with E-state index in [1.807, 2.05) is 6.07 Å². The van der Waals surface area contributed by atoms with Gasteiger partial charge in [0.05, 0.1) is 16.2 Å². The molecule has 1 amide bonds. The van der Waals surface area contributed by atoms with Crippen molar-refractivity contribution in [2.75, 3.05) is 18.8 Å². The van der Waals surface area contributed by atoms with E-state index in [0.717, 1.165) is 19.3 Å². The highest BCUT2D eigenvalue weighted by Gasteiger charge is 2.32. The fraction of sp³-hybridized carbons (Fsp3) is 0.364. The molecule has 2 aromatic rings. The molecule has 7 heteroatoms. The zero-order valence-electron chi connectivity index (χ0n) is 16.4. The van der Waals surface area contributed by atoms with Gasteiger partial charge in [-0.25, -0.2) is 13.2 Å². The van der Waals surface area contributed by atoms with Gasteiger partial charge < -0.3 is 9.64 Å². The molecule has 1 atom stereocenters. The van der Waals surface area contributed by atoms with Gasteiger partial charge in [0.2, 0.25) is 6.10 Å². The molecule has 154 valence electrons. The Hall–Kier alpha value is -2.67. The second kappa shape index (κ2) is 9.22. The Balaban J connectivity index is 1.93. The van der Waals surface area contributed by atoms with Crippen LogP contribution in [0, 0.1) is 0 Å². The van der Waals surface area contributed by atoms with Crippen LogP contribution in [0.5, 0.6) is 0 Å². The number of benzene rings is 2. The predicted molar refractivity (Wildman–Crippen MR) is 109 cm³/mol. The number of likely N-dealkylation sites (tertiary alicyclic amines) is 1. The molecule has 1 fully saturated rings. The second-order valence-corrected chi connectivity index (χ2v) is 9.23. The number of esters is 1. The van der Waals surface area contributed by atoms with Crippen LogP contribution >= 0.6 is 0 Å². The summed E-state index contributed by atoms with van der Waals surface area (Å²) >= 11 is 0. The largest absolute Gasteiger partial charge is 0.444 e. The first kappa shape index (κ1) is 21.0. The van der Waals surface area contributed by atoms with Crippen molar-refractivity contribution in [3.8, 4) is 0 Å². The summed E-state index contributed by atoms with van der Waals surface area (Å²) in [7, 11) is -3.61. The van der Waals surface area contributed by atoms with Crippen LogP contribution in [-0.4, -0.2) is 44.0 Å². The van der Waals surface area contributed by atoms with Gasteiger partial charge in [0, 0.05) is 18.7 Å². The second-order valence-electron chi connectivity index (χ2n) is 6.98. The molecular weight excluding hydrogens is 390 g/mol. The summed E-state index contributed by atoms with van der Waals surface area (Å²) in [6.07, 6.45) is 1.79.